The Morgan fingerprint density at radius 2 is 2.05 bits per heavy atom. The van der Waals surface area contributed by atoms with Crippen LogP contribution in [-0.2, 0) is 0 Å². The Morgan fingerprint density at radius 1 is 1.42 bits per heavy atom. The molecule has 1 aromatic carbocycles. The number of nitrogens with two attached hydrogens (primary N) is 1. The number of benzene rings is 1. The lowest BCUT2D eigenvalue weighted by atomic mass is 9.89. The van der Waals surface area contributed by atoms with E-state index in [4.69, 9.17) is 5.73 Å². The Labute approximate surface area is 115 Å². The van der Waals surface area contributed by atoms with E-state index in [-0.39, 0.29) is 11.2 Å². The quantitative estimate of drug-likeness (QED) is 0.564. The van der Waals surface area contributed by atoms with E-state index < -0.39 is 6.10 Å². The molecule has 4 N–H and O–H groups in total. The van der Waals surface area contributed by atoms with Gasteiger partial charge in [-0.1, -0.05) is 20.8 Å². The van der Waals surface area contributed by atoms with Gasteiger partial charge in [-0.2, -0.15) is 0 Å². The van der Waals surface area contributed by atoms with Gasteiger partial charge in [0, 0.05) is 23.5 Å². The van der Waals surface area contributed by atoms with E-state index in [1.54, 1.807) is 18.2 Å². The van der Waals surface area contributed by atoms with Crippen molar-refractivity contribution >= 4 is 17.2 Å². The first-order valence-corrected chi connectivity index (χ1v) is 6.51. The summed E-state index contributed by atoms with van der Waals surface area (Å²) in [5.41, 5.74) is 7.71. The van der Waals surface area contributed by atoms with Crippen LogP contribution in [0.2, 0.25) is 0 Å². The van der Waals surface area contributed by atoms with Gasteiger partial charge in [-0.15, -0.1) is 0 Å². The molecule has 0 aromatic heterocycles. The Bertz CT molecular complexity index is 450. The number of nitrogens with one attached hydrogen (secondary N) is 1. The van der Waals surface area contributed by atoms with Crippen molar-refractivity contribution in [1.29, 1.82) is 0 Å². The molecule has 0 amide bonds. The molecular weight excluding hydrogens is 240 g/mol. The first kappa shape index (κ1) is 15.5. The molecule has 0 saturated heterocycles. The first-order valence-electron chi connectivity index (χ1n) is 6.51. The third-order valence-corrected chi connectivity index (χ3v) is 2.82. The number of hydrogen-bond acceptors (Lipinski definition) is 4. The van der Waals surface area contributed by atoms with Crippen molar-refractivity contribution in [1.82, 2.24) is 0 Å². The summed E-state index contributed by atoms with van der Waals surface area (Å²) in [4.78, 5) is 11.3. The molecular formula is C15H24N2O2. The van der Waals surface area contributed by atoms with Gasteiger partial charge in [0.1, 0.15) is 0 Å². The number of aliphatic hydroxyl groups excluding tert-OH is 1. The average molecular weight is 264 g/mol. The van der Waals surface area contributed by atoms with Crippen LogP contribution in [0.1, 0.15) is 44.5 Å². The van der Waals surface area contributed by atoms with Gasteiger partial charge in [0.15, 0.2) is 5.78 Å². The summed E-state index contributed by atoms with van der Waals surface area (Å²) in [6.45, 7) is 8.24. The lowest BCUT2D eigenvalue weighted by molar-refractivity contribution is 0.101. The molecule has 0 aliphatic rings. The highest BCUT2D eigenvalue weighted by Crippen LogP contribution is 2.22. The maximum Gasteiger partial charge on any atom is 0.161 e. The Hall–Kier alpha value is -1.55. The monoisotopic (exact) mass is 264 g/mol. The van der Waals surface area contributed by atoms with Gasteiger partial charge < -0.3 is 16.2 Å². The number of hydrogen-bond donors (Lipinski definition) is 3. The van der Waals surface area contributed by atoms with Gasteiger partial charge in [0.05, 0.1) is 6.10 Å². The number of carbonyl (C=O) groups excluding carboxylic acids is 1. The van der Waals surface area contributed by atoms with Crippen molar-refractivity contribution in [2.24, 2.45) is 5.41 Å². The summed E-state index contributed by atoms with van der Waals surface area (Å²) in [5, 5.41) is 13.0. The van der Waals surface area contributed by atoms with Crippen LogP contribution in [0.3, 0.4) is 0 Å². The molecule has 1 rings (SSSR count). The molecule has 0 bridgehead atoms. The van der Waals surface area contributed by atoms with Crippen molar-refractivity contribution in [3.8, 4) is 0 Å². The first-order chi connectivity index (χ1) is 8.69. The van der Waals surface area contributed by atoms with Crippen LogP contribution in [0.15, 0.2) is 18.2 Å². The van der Waals surface area contributed by atoms with Crippen LogP contribution >= 0.6 is 0 Å². The maximum absolute atomic E-state index is 11.3. The molecule has 4 heteroatoms. The van der Waals surface area contributed by atoms with Crippen molar-refractivity contribution in [2.45, 2.75) is 40.2 Å². The lowest BCUT2D eigenvalue weighted by Crippen LogP contribution is -2.25. The SMILES string of the molecule is CC(=O)c1ccc(NCC(O)CC(C)(C)C)cc1N. The van der Waals surface area contributed by atoms with E-state index >= 15 is 0 Å². The normalized spacial score (nSPS) is 13.1. The van der Waals surface area contributed by atoms with Crippen molar-refractivity contribution in [3.63, 3.8) is 0 Å². The number of ketones is 1. The summed E-state index contributed by atoms with van der Waals surface area (Å²) in [7, 11) is 0. The fourth-order valence-corrected chi connectivity index (χ4v) is 2.01. The second kappa shape index (κ2) is 6.06. The van der Waals surface area contributed by atoms with Gasteiger partial charge in [0.25, 0.3) is 0 Å². The minimum Gasteiger partial charge on any atom is -0.398 e. The number of carbonyl (C=O) groups is 1. The summed E-state index contributed by atoms with van der Waals surface area (Å²) < 4.78 is 0. The fourth-order valence-electron chi connectivity index (χ4n) is 2.01. The van der Waals surface area contributed by atoms with Crippen LogP contribution in [-0.4, -0.2) is 23.5 Å². The predicted molar refractivity (Wildman–Crippen MR) is 79.4 cm³/mol. The van der Waals surface area contributed by atoms with E-state index in [1.807, 2.05) is 0 Å². The third kappa shape index (κ3) is 5.30. The van der Waals surface area contributed by atoms with Crippen LogP contribution in [0.4, 0.5) is 11.4 Å². The van der Waals surface area contributed by atoms with E-state index in [9.17, 15) is 9.90 Å². The van der Waals surface area contributed by atoms with Gasteiger partial charge in [-0.25, -0.2) is 0 Å². The Morgan fingerprint density at radius 3 is 2.53 bits per heavy atom. The number of Topliss-reactive ketones (excluding diaryl/α,β-unsaturated/α-hetero) is 1. The molecule has 0 aliphatic carbocycles. The summed E-state index contributed by atoms with van der Waals surface area (Å²) in [6.07, 6.45) is 0.315. The summed E-state index contributed by atoms with van der Waals surface area (Å²) in [6, 6.07) is 5.23. The topological polar surface area (TPSA) is 75.3 Å². The zero-order valence-corrected chi connectivity index (χ0v) is 12.2. The molecule has 19 heavy (non-hydrogen) atoms. The molecule has 0 radical (unpaired) electrons. The number of rotatable bonds is 5. The molecule has 106 valence electrons. The second-order valence-corrected chi connectivity index (χ2v) is 6.16. The molecule has 4 nitrogen and oxygen atoms in total. The molecule has 1 atom stereocenters. The minimum absolute atomic E-state index is 0.0446. The fraction of sp³-hybridized carbons (Fsp3) is 0.533. The molecule has 0 heterocycles. The minimum atomic E-state index is -0.409. The summed E-state index contributed by atoms with van der Waals surface area (Å²) in [5.74, 6) is -0.0446. The number of anilines is 2. The molecule has 0 aliphatic heterocycles. The smallest absolute Gasteiger partial charge is 0.161 e. The van der Waals surface area contributed by atoms with Gasteiger partial charge in [0.2, 0.25) is 0 Å². The van der Waals surface area contributed by atoms with E-state index in [0.717, 1.165) is 12.1 Å². The highest BCUT2D eigenvalue weighted by atomic mass is 16.3. The lowest BCUT2D eigenvalue weighted by Gasteiger charge is -2.22. The van der Waals surface area contributed by atoms with E-state index in [2.05, 4.69) is 26.1 Å². The number of aliphatic hydroxyl groups is 1. The zero-order valence-electron chi connectivity index (χ0n) is 12.2. The van der Waals surface area contributed by atoms with Crippen LogP contribution in [0.25, 0.3) is 0 Å². The van der Waals surface area contributed by atoms with Crippen LogP contribution < -0.4 is 11.1 Å². The molecule has 0 saturated carbocycles. The highest BCUT2D eigenvalue weighted by Gasteiger charge is 2.16. The Balaban J connectivity index is 2.59. The molecule has 1 aromatic rings. The molecule has 0 spiro atoms. The molecule has 1 unspecified atom stereocenters. The van der Waals surface area contributed by atoms with Gasteiger partial charge in [-0.3, -0.25) is 4.79 Å². The van der Waals surface area contributed by atoms with E-state index in [1.165, 1.54) is 6.92 Å². The Kier molecular flexibility index (Phi) is 4.95. The average Bonchev–Trinajstić information content (AvgIpc) is 2.23. The van der Waals surface area contributed by atoms with Crippen molar-refractivity contribution in [2.75, 3.05) is 17.6 Å². The van der Waals surface area contributed by atoms with E-state index in [0.29, 0.717) is 17.8 Å². The highest BCUT2D eigenvalue weighted by molar-refractivity contribution is 5.99. The van der Waals surface area contributed by atoms with Gasteiger partial charge >= 0.3 is 0 Å². The molecule has 0 fully saturated rings. The largest absolute Gasteiger partial charge is 0.398 e. The third-order valence-electron chi connectivity index (χ3n) is 2.82. The zero-order chi connectivity index (χ0) is 14.6. The van der Waals surface area contributed by atoms with Crippen molar-refractivity contribution in [3.05, 3.63) is 23.8 Å². The van der Waals surface area contributed by atoms with Crippen molar-refractivity contribution < 1.29 is 9.90 Å². The van der Waals surface area contributed by atoms with Gasteiger partial charge in [-0.05, 0) is 37.0 Å². The maximum atomic E-state index is 11.3. The standard InChI is InChI=1S/C15H24N2O2/c1-10(18)13-6-5-11(7-14(13)16)17-9-12(19)8-15(2,3)4/h5-7,12,17,19H,8-9,16H2,1-4H3. The predicted octanol–water partition coefficient (Wildman–Crippen LogP) is 2.68. The van der Waals surface area contributed by atoms with Crippen LogP contribution in [0.5, 0.6) is 0 Å². The van der Waals surface area contributed by atoms with Crippen LogP contribution in [0, 0.1) is 5.41 Å². The number of nitrogen functional groups attached to an aromatic ring is 1. The summed E-state index contributed by atoms with van der Waals surface area (Å²) >= 11 is 0. The second-order valence-electron chi connectivity index (χ2n) is 6.16.